The summed E-state index contributed by atoms with van der Waals surface area (Å²) in [5.41, 5.74) is 0. The minimum absolute atomic E-state index is 0.0533. The minimum Gasteiger partial charge on any atom is -0.366 e. The van der Waals surface area contributed by atoms with Gasteiger partial charge in [0.05, 0.1) is 6.45 Å². The summed E-state index contributed by atoms with van der Waals surface area (Å²) in [6, 6.07) is 0. The Balaban J connectivity index is 0.000000236. The fraction of sp³-hybridized carbons (Fsp3) is 0.400. The third kappa shape index (κ3) is 5.14. The monoisotopic (exact) mass is 272 g/mol. The summed E-state index contributed by atoms with van der Waals surface area (Å²) in [5.74, 6) is 1.06. The average molecular weight is 272 g/mol. The van der Waals surface area contributed by atoms with Crippen LogP contribution in [0.1, 0.15) is 12.7 Å². The van der Waals surface area contributed by atoms with Crippen LogP contribution < -0.4 is 0 Å². The molecule has 58 valence electrons. The van der Waals surface area contributed by atoms with Crippen molar-refractivity contribution in [2.75, 3.05) is 0 Å². The molecule has 2 N–H and O–H groups in total. The van der Waals surface area contributed by atoms with E-state index < -0.39 is 0 Å². The van der Waals surface area contributed by atoms with E-state index in [-0.39, 0.29) is 6.45 Å². The molecule has 1 atom stereocenters. The Kier molecular flexibility index (Phi) is 7.68. The normalized spacial score (nSPS) is 9.50. The highest BCUT2D eigenvalue weighted by molar-refractivity contribution is 14.2. The molecule has 0 aliphatic carbocycles. The summed E-state index contributed by atoms with van der Waals surface area (Å²) in [7, 11) is 0. The van der Waals surface area contributed by atoms with Crippen molar-refractivity contribution in [2.24, 2.45) is 0 Å². The number of H-pyrrole nitrogens is 1. The molecule has 0 saturated carbocycles. The van der Waals surface area contributed by atoms with E-state index in [1.807, 2.05) is 28.2 Å². The van der Waals surface area contributed by atoms with Crippen LogP contribution in [0.4, 0.5) is 0 Å². The zero-order chi connectivity index (χ0) is 7.82. The van der Waals surface area contributed by atoms with Crippen molar-refractivity contribution in [1.29, 1.82) is 0 Å². The molecule has 0 saturated heterocycles. The van der Waals surface area contributed by atoms with E-state index in [4.69, 9.17) is 4.89 Å². The van der Waals surface area contributed by atoms with Crippen molar-refractivity contribution in [3.63, 3.8) is 0 Å². The van der Waals surface area contributed by atoms with Crippen molar-refractivity contribution < 1.29 is 4.89 Å². The molecule has 0 fully saturated rings. The van der Waals surface area contributed by atoms with Gasteiger partial charge in [0.25, 0.3) is 0 Å². The van der Waals surface area contributed by atoms with E-state index in [1.54, 1.807) is 6.20 Å². The Morgan fingerprint density at radius 3 is 2.70 bits per heavy atom. The maximum absolute atomic E-state index is 7.58. The van der Waals surface area contributed by atoms with Crippen molar-refractivity contribution >= 4 is 28.5 Å². The lowest BCUT2D eigenvalue weighted by molar-refractivity contribution is 0.662. The molecule has 0 aromatic carbocycles. The van der Waals surface area contributed by atoms with Crippen molar-refractivity contribution in [3.8, 4) is 0 Å². The van der Waals surface area contributed by atoms with Crippen molar-refractivity contribution in [2.45, 2.75) is 13.3 Å². The molecule has 0 spiro atoms. The molecule has 0 radical (unpaired) electrons. The standard InChI is InChI=1S/C5H8N2.H2IOP/c1-2-5-6-3-4-7-5;1-3-2/h3-4H,2H2,1H3,(H,6,7);2-3H. The van der Waals surface area contributed by atoms with Gasteiger partial charge in [0.1, 0.15) is 5.82 Å². The molecule has 1 aromatic heterocycles. The Morgan fingerprint density at radius 2 is 2.50 bits per heavy atom. The molecule has 0 aliphatic rings. The van der Waals surface area contributed by atoms with Gasteiger partial charge in [-0.3, -0.25) is 0 Å². The van der Waals surface area contributed by atoms with Gasteiger partial charge < -0.3 is 9.88 Å². The van der Waals surface area contributed by atoms with E-state index in [1.165, 1.54) is 0 Å². The molecule has 1 rings (SSSR count). The largest absolute Gasteiger partial charge is 0.366 e. The van der Waals surface area contributed by atoms with Gasteiger partial charge in [-0.1, -0.05) is 6.92 Å². The highest BCUT2D eigenvalue weighted by Gasteiger charge is 1.82. The summed E-state index contributed by atoms with van der Waals surface area (Å²) in [6.07, 6.45) is 4.59. The van der Waals surface area contributed by atoms with E-state index in [2.05, 4.69) is 16.9 Å². The predicted octanol–water partition coefficient (Wildman–Crippen LogP) is 1.89. The fourth-order valence-corrected chi connectivity index (χ4v) is 0.491. The Morgan fingerprint density at radius 1 is 1.90 bits per heavy atom. The van der Waals surface area contributed by atoms with Crippen LogP contribution in [0, 0.1) is 0 Å². The number of halogens is 1. The van der Waals surface area contributed by atoms with Crippen molar-refractivity contribution in [3.05, 3.63) is 18.2 Å². The number of hydrogen-bond acceptors (Lipinski definition) is 2. The number of rotatable bonds is 1. The van der Waals surface area contributed by atoms with Gasteiger partial charge in [-0.25, -0.2) is 4.98 Å². The van der Waals surface area contributed by atoms with Crippen LogP contribution in [-0.4, -0.2) is 14.9 Å². The van der Waals surface area contributed by atoms with Gasteiger partial charge in [-0.15, -0.1) is 0 Å². The number of imidazole rings is 1. The van der Waals surface area contributed by atoms with E-state index in [9.17, 15) is 0 Å². The molecule has 0 aliphatic heterocycles. The first kappa shape index (κ1) is 10.3. The van der Waals surface area contributed by atoms with E-state index in [0.29, 0.717) is 0 Å². The average Bonchev–Trinajstić information content (AvgIpc) is 2.39. The summed E-state index contributed by atoms with van der Waals surface area (Å²) >= 11 is 1.87. The first-order valence-electron chi connectivity index (χ1n) is 2.83. The Labute approximate surface area is 75.0 Å². The van der Waals surface area contributed by atoms with Crippen LogP contribution in [0.25, 0.3) is 0 Å². The number of nitrogens with one attached hydrogen (secondary N) is 1. The number of aromatic amines is 1. The number of aryl methyl sites for hydroxylation is 1. The second-order valence-corrected chi connectivity index (χ2v) is 3.09. The SMILES string of the molecule is CCc1ncc[nH]1.OPI. The van der Waals surface area contributed by atoms with Gasteiger partial charge in [0.2, 0.25) is 0 Å². The topological polar surface area (TPSA) is 48.9 Å². The van der Waals surface area contributed by atoms with Gasteiger partial charge >= 0.3 is 0 Å². The molecule has 5 heteroatoms. The van der Waals surface area contributed by atoms with Gasteiger partial charge in [-0.2, -0.15) is 0 Å². The lowest BCUT2D eigenvalue weighted by Gasteiger charge is -1.79. The molecule has 0 bridgehead atoms. The maximum Gasteiger partial charge on any atom is 0.105 e. The van der Waals surface area contributed by atoms with Crippen LogP contribution in [0.5, 0.6) is 0 Å². The molecule has 1 unspecified atom stereocenters. The molecule has 1 aromatic rings. The number of hydrogen-bond donors (Lipinski definition) is 2. The number of aromatic nitrogens is 2. The summed E-state index contributed by atoms with van der Waals surface area (Å²) in [4.78, 5) is 14.5. The predicted molar refractivity (Wildman–Crippen MR) is 52.5 cm³/mol. The third-order valence-electron chi connectivity index (χ3n) is 0.890. The highest BCUT2D eigenvalue weighted by atomic mass is 127. The maximum atomic E-state index is 7.58. The van der Waals surface area contributed by atoms with Crippen LogP contribution in [0.3, 0.4) is 0 Å². The lowest BCUT2D eigenvalue weighted by atomic mass is 10.5. The summed E-state index contributed by atoms with van der Waals surface area (Å²) in [6.45, 7) is 2.12. The molecular weight excluding hydrogens is 262 g/mol. The first-order valence-corrected chi connectivity index (χ1v) is 6.89. The quantitative estimate of drug-likeness (QED) is 0.606. The smallest absolute Gasteiger partial charge is 0.105 e. The molecule has 1 heterocycles. The molecule has 10 heavy (non-hydrogen) atoms. The molecule has 3 nitrogen and oxygen atoms in total. The second kappa shape index (κ2) is 7.44. The Hall–Kier alpha value is 0.330. The Bertz CT molecular complexity index is 145. The van der Waals surface area contributed by atoms with Crippen LogP contribution in [0.2, 0.25) is 0 Å². The van der Waals surface area contributed by atoms with Crippen LogP contribution >= 0.6 is 28.5 Å². The lowest BCUT2D eigenvalue weighted by Crippen LogP contribution is -1.78. The highest BCUT2D eigenvalue weighted by Crippen LogP contribution is 2.10. The summed E-state index contributed by atoms with van der Waals surface area (Å²) < 4.78 is 0. The van der Waals surface area contributed by atoms with E-state index >= 15 is 0 Å². The van der Waals surface area contributed by atoms with Crippen LogP contribution in [-0.2, 0) is 6.42 Å². The second-order valence-electron chi connectivity index (χ2n) is 1.47. The molecular formula is C5H10IN2OP. The van der Waals surface area contributed by atoms with Gasteiger partial charge in [0.15, 0.2) is 0 Å². The van der Waals surface area contributed by atoms with Gasteiger partial charge in [0, 0.05) is 18.8 Å². The molecule has 0 amide bonds. The first-order chi connectivity index (χ1) is 4.85. The van der Waals surface area contributed by atoms with Crippen molar-refractivity contribution in [1.82, 2.24) is 9.97 Å². The zero-order valence-electron chi connectivity index (χ0n) is 5.63. The third-order valence-corrected chi connectivity index (χ3v) is 0.890. The van der Waals surface area contributed by atoms with E-state index in [0.717, 1.165) is 12.2 Å². The van der Waals surface area contributed by atoms with Gasteiger partial charge in [-0.05, 0) is 22.0 Å². The fourth-order valence-electron chi connectivity index (χ4n) is 0.491. The van der Waals surface area contributed by atoms with Crippen LogP contribution in [0.15, 0.2) is 12.4 Å². The minimum atomic E-state index is 0.0533. The zero-order valence-corrected chi connectivity index (χ0v) is 8.79. The number of nitrogens with zero attached hydrogens (tertiary/aromatic N) is 1. The summed E-state index contributed by atoms with van der Waals surface area (Å²) in [5, 5.41) is 0.